The van der Waals surface area contributed by atoms with E-state index in [1.165, 1.54) is 11.3 Å². The van der Waals surface area contributed by atoms with Crippen molar-refractivity contribution in [1.29, 1.82) is 0 Å². The lowest BCUT2D eigenvalue weighted by Crippen LogP contribution is -2.23. The molecule has 0 aliphatic carbocycles. The molecule has 3 aromatic rings. The molecule has 1 aliphatic rings. The molecule has 6 nitrogen and oxygen atoms in total. The van der Waals surface area contributed by atoms with Gasteiger partial charge in [-0.1, -0.05) is 6.07 Å². The fraction of sp³-hybridized carbons (Fsp3) is 0.227. The fourth-order valence-electron chi connectivity index (χ4n) is 3.18. The minimum Gasteiger partial charge on any atom is -0.497 e. The Balaban J connectivity index is 1.40. The Morgan fingerprint density at radius 3 is 2.76 bits per heavy atom. The van der Waals surface area contributed by atoms with Gasteiger partial charge in [0.2, 0.25) is 5.91 Å². The van der Waals surface area contributed by atoms with Crippen LogP contribution in [0, 0.1) is 0 Å². The lowest BCUT2D eigenvalue weighted by atomic mass is 10.2. The molecule has 0 unspecified atom stereocenters. The first-order valence-corrected chi connectivity index (χ1v) is 10.2. The number of esters is 1. The number of carbonyl (C=O) groups excluding carboxylic acids is 2. The van der Waals surface area contributed by atoms with E-state index in [0.29, 0.717) is 24.2 Å². The number of amides is 1. The SMILES string of the molecule is COc1ccc(-c2nc(COC(=O)c3cccc(N4CCCC4=O)c3)cs2)cc1. The van der Waals surface area contributed by atoms with Gasteiger partial charge in [0.1, 0.15) is 17.4 Å². The minimum absolute atomic E-state index is 0.0871. The second-order valence-corrected chi connectivity index (χ2v) is 7.51. The molecule has 148 valence electrons. The molecule has 2 aromatic carbocycles. The lowest BCUT2D eigenvalue weighted by molar-refractivity contribution is -0.117. The number of aromatic nitrogens is 1. The Kier molecular flexibility index (Phi) is 5.57. The van der Waals surface area contributed by atoms with Crippen LogP contribution in [0.4, 0.5) is 5.69 Å². The van der Waals surface area contributed by atoms with E-state index in [9.17, 15) is 9.59 Å². The molecule has 1 aromatic heterocycles. The van der Waals surface area contributed by atoms with Gasteiger partial charge in [0.25, 0.3) is 0 Å². The Morgan fingerprint density at radius 2 is 2.03 bits per heavy atom. The number of ether oxygens (including phenoxy) is 2. The molecule has 0 radical (unpaired) electrons. The summed E-state index contributed by atoms with van der Waals surface area (Å²) in [5, 5.41) is 2.74. The maximum atomic E-state index is 12.5. The van der Waals surface area contributed by atoms with Gasteiger partial charge in [-0.2, -0.15) is 0 Å². The van der Waals surface area contributed by atoms with Gasteiger partial charge in [-0.3, -0.25) is 4.79 Å². The zero-order chi connectivity index (χ0) is 20.2. The van der Waals surface area contributed by atoms with E-state index in [1.807, 2.05) is 35.7 Å². The predicted octanol–water partition coefficient (Wildman–Crippen LogP) is 4.30. The smallest absolute Gasteiger partial charge is 0.338 e. The summed E-state index contributed by atoms with van der Waals surface area (Å²) in [6.45, 7) is 0.780. The molecule has 4 rings (SSSR count). The molecule has 29 heavy (non-hydrogen) atoms. The van der Waals surface area contributed by atoms with E-state index in [0.717, 1.165) is 28.4 Å². The standard InChI is InChI=1S/C22H20N2O4S/c1-27-19-9-7-15(8-10-19)21-23-17(14-29-21)13-28-22(26)16-4-2-5-18(12-16)24-11-3-6-20(24)25/h2,4-5,7-10,12,14H,3,6,11,13H2,1H3. The summed E-state index contributed by atoms with van der Waals surface area (Å²) in [6, 6.07) is 14.6. The molecule has 0 N–H and O–H groups in total. The molecule has 2 heterocycles. The van der Waals surface area contributed by atoms with E-state index in [4.69, 9.17) is 9.47 Å². The highest BCUT2D eigenvalue weighted by atomic mass is 32.1. The lowest BCUT2D eigenvalue weighted by Gasteiger charge is -2.16. The molecule has 0 spiro atoms. The van der Waals surface area contributed by atoms with Crippen LogP contribution in [0.25, 0.3) is 10.6 Å². The van der Waals surface area contributed by atoms with Crippen molar-refractivity contribution in [1.82, 2.24) is 4.98 Å². The molecule has 0 saturated carbocycles. The first-order valence-electron chi connectivity index (χ1n) is 9.30. The second kappa shape index (κ2) is 8.45. The normalized spacial score (nSPS) is 13.6. The highest BCUT2D eigenvalue weighted by Crippen LogP contribution is 2.26. The van der Waals surface area contributed by atoms with E-state index in [-0.39, 0.29) is 12.5 Å². The maximum absolute atomic E-state index is 12.5. The van der Waals surface area contributed by atoms with Crippen LogP contribution >= 0.6 is 11.3 Å². The third-order valence-electron chi connectivity index (χ3n) is 4.71. The number of benzene rings is 2. The summed E-state index contributed by atoms with van der Waals surface area (Å²) < 4.78 is 10.6. The van der Waals surface area contributed by atoms with Gasteiger partial charge in [0.05, 0.1) is 18.4 Å². The van der Waals surface area contributed by atoms with Crippen LogP contribution in [0.2, 0.25) is 0 Å². The third kappa shape index (κ3) is 4.30. The summed E-state index contributed by atoms with van der Waals surface area (Å²) in [7, 11) is 1.63. The molecule has 0 atom stereocenters. The topological polar surface area (TPSA) is 68.7 Å². The predicted molar refractivity (Wildman–Crippen MR) is 111 cm³/mol. The zero-order valence-electron chi connectivity index (χ0n) is 16.0. The average molecular weight is 408 g/mol. The Bertz CT molecular complexity index is 1030. The number of carbonyl (C=O) groups is 2. The Labute approximate surface area is 172 Å². The van der Waals surface area contributed by atoms with Crippen molar-refractivity contribution in [2.24, 2.45) is 0 Å². The molecule has 1 fully saturated rings. The molecule has 0 bridgehead atoms. The average Bonchev–Trinajstić information content (AvgIpc) is 3.41. The van der Waals surface area contributed by atoms with Crippen LogP contribution in [-0.2, 0) is 16.1 Å². The summed E-state index contributed by atoms with van der Waals surface area (Å²) in [5.74, 6) is 0.443. The van der Waals surface area contributed by atoms with Crippen molar-refractivity contribution in [2.45, 2.75) is 19.4 Å². The quantitative estimate of drug-likeness (QED) is 0.569. The van der Waals surface area contributed by atoms with Crippen molar-refractivity contribution in [3.8, 4) is 16.3 Å². The van der Waals surface area contributed by atoms with Crippen molar-refractivity contribution in [3.05, 3.63) is 65.2 Å². The summed E-state index contributed by atoms with van der Waals surface area (Å²) in [4.78, 5) is 30.6. The monoisotopic (exact) mass is 408 g/mol. The van der Waals surface area contributed by atoms with Gasteiger partial charge >= 0.3 is 5.97 Å². The van der Waals surface area contributed by atoms with Crippen LogP contribution in [0.15, 0.2) is 53.9 Å². The largest absolute Gasteiger partial charge is 0.497 e. The minimum atomic E-state index is -0.433. The molecule has 1 saturated heterocycles. The number of methoxy groups -OCH3 is 1. The first kappa shape index (κ1) is 19.1. The van der Waals surface area contributed by atoms with Crippen LogP contribution in [0.1, 0.15) is 28.9 Å². The van der Waals surface area contributed by atoms with Crippen LogP contribution in [0.3, 0.4) is 0 Å². The van der Waals surface area contributed by atoms with Crippen molar-refractivity contribution >= 4 is 28.9 Å². The fourth-order valence-corrected chi connectivity index (χ4v) is 3.99. The van der Waals surface area contributed by atoms with Gasteiger partial charge in [0.15, 0.2) is 0 Å². The van der Waals surface area contributed by atoms with E-state index in [1.54, 1.807) is 30.2 Å². The molecule has 1 aliphatic heterocycles. The highest BCUT2D eigenvalue weighted by Gasteiger charge is 2.22. The van der Waals surface area contributed by atoms with Gasteiger partial charge in [0, 0.05) is 29.6 Å². The Hall–Kier alpha value is -3.19. The van der Waals surface area contributed by atoms with Crippen LogP contribution < -0.4 is 9.64 Å². The molecule has 1 amide bonds. The number of nitrogens with zero attached hydrogens (tertiary/aromatic N) is 2. The number of hydrogen-bond donors (Lipinski definition) is 0. The van der Waals surface area contributed by atoms with Gasteiger partial charge < -0.3 is 14.4 Å². The van der Waals surface area contributed by atoms with Crippen LogP contribution in [0.5, 0.6) is 5.75 Å². The van der Waals surface area contributed by atoms with E-state index >= 15 is 0 Å². The van der Waals surface area contributed by atoms with Crippen molar-refractivity contribution in [2.75, 3.05) is 18.6 Å². The summed E-state index contributed by atoms with van der Waals surface area (Å²) >= 11 is 1.50. The number of anilines is 1. The first-order chi connectivity index (χ1) is 14.1. The molecular weight excluding hydrogens is 388 g/mol. The summed E-state index contributed by atoms with van der Waals surface area (Å²) in [6.07, 6.45) is 1.39. The molecule has 7 heteroatoms. The Morgan fingerprint density at radius 1 is 1.21 bits per heavy atom. The third-order valence-corrected chi connectivity index (χ3v) is 5.65. The molecular formula is C22H20N2O4S. The van der Waals surface area contributed by atoms with E-state index < -0.39 is 5.97 Å². The number of rotatable bonds is 6. The number of hydrogen-bond acceptors (Lipinski definition) is 6. The van der Waals surface area contributed by atoms with Gasteiger partial charge in [-0.05, 0) is 48.9 Å². The second-order valence-electron chi connectivity index (χ2n) is 6.65. The van der Waals surface area contributed by atoms with Gasteiger partial charge in [-0.25, -0.2) is 9.78 Å². The van der Waals surface area contributed by atoms with E-state index in [2.05, 4.69) is 4.98 Å². The van der Waals surface area contributed by atoms with Crippen molar-refractivity contribution < 1.29 is 19.1 Å². The van der Waals surface area contributed by atoms with Gasteiger partial charge in [-0.15, -0.1) is 11.3 Å². The van der Waals surface area contributed by atoms with Crippen molar-refractivity contribution in [3.63, 3.8) is 0 Å². The number of thiazole rings is 1. The highest BCUT2D eigenvalue weighted by molar-refractivity contribution is 7.13. The van der Waals surface area contributed by atoms with Crippen LogP contribution in [-0.4, -0.2) is 30.5 Å². The maximum Gasteiger partial charge on any atom is 0.338 e. The summed E-state index contributed by atoms with van der Waals surface area (Å²) in [5.41, 5.74) is 2.83. The zero-order valence-corrected chi connectivity index (χ0v) is 16.8.